The van der Waals surface area contributed by atoms with Crippen molar-refractivity contribution in [3.63, 3.8) is 0 Å². The van der Waals surface area contributed by atoms with E-state index in [0.29, 0.717) is 16.7 Å². The maximum atomic E-state index is 11.3. The van der Waals surface area contributed by atoms with Gasteiger partial charge in [0, 0.05) is 25.6 Å². The third-order valence-electron chi connectivity index (χ3n) is 1.72. The zero-order valence-corrected chi connectivity index (χ0v) is 11.0. The summed E-state index contributed by atoms with van der Waals surface area (Å²) in [6, 6.07) is -0.272. The van der Waals surface area contributed by atoms with Gasteiger partial charge in [-0.15, -0.1) is 11.8 Å². The lowest BCUT2D eigenvalue weighted by Crippen LogP contribution is -2.34. The van der Waals surface area contributed by atoms with Crippen LogP contribution >= 0.6 is 23.3 Å². The topological polar surface area (TPSA) is 95.4 Å². The molecule has 0 fully saturated rings. The second-order valence-corrected chi connectivity index (χ2v) is 4.71. The zero-order chi connectivity index (χ0) is 12.8. The molecule has 1 heterocycles. The Hall–Kier alpha value is -1.35. The van der Waals surface area contributed by atoms with Gasteiger partial charge in [-0.05, 0) is 0 Å². The number of hydrogen-bond donors (Lipinski definition) is 2. The molecule has 0 saturated heterocycles. The summed E-state index contributed by atoms with van der Waals surface area (Å²) in [5, 5.41) is 11.4. The van der Waals surface area contributed by atoms with Gasteiger partial charge in [-0.3, -0.25) is 9.69 Å². The second-order valence-electron chi connectivity index (χ2n) is 2.99. The van der Waals surface area contributed by atoms with Gasteiger partial charge in [0.1, 0.15) is 0 Å². The first-order valence-electron chi connectivity index (χ1n) is 4.62. The molecule has 0 radical (unpaired) electrons. The van der Waals surface area contributed by atoms with E-state index in [9.17, 15) is 9.59 Å². The van der Waals surface area contributed by atoms with E-state index in [0.717, 1.165) is 11.5 Å². The molecule has 0 aliphatic carbocycles. The maximum absolute atomic E-state index is 11.3. The van der Waals surface area contributed by atoms with Crippen LogP contribution in [0, 0.1) is 0 Å². The summed E-state index contributed by atoms with van der Waals surface area (Å²) in [4.78, 5) is 27.1. The second kappa shape index (κ2) is 6.40. The molecule has 17 heavy (non-hydrogen) atoms. The number of aliphatic carboxylic acids is 1. The molecule has 0 saturated carbocycles. The third kappa shape index (κ3) is 4.19. The molecular weight excluding hydrogens is 264 g/mol. The number of aromatic nitrogens is 2. The Bertz CT molecular complexity index is 409. The Morgan fingerprint density at radius 3 is 2.88 bits per heavy atom. The van der Waals surface area contributed by atoms with Gasteiger partial charge in [0.2, 0.25) is 5.13 Å². The highest BCUT2D eigenvalue weighted by Gasteiger charge is 2.14. The summed E-state index contributed by atoms with van der Waals surface area (Å²) in [6.07, 6.45) is 0. The van der Waals surface area contributed by atoms with Crippen LogP contribution in [0.2, 0.25) is 0 Å². The van der Waals surface area contributed by atoms with Crippen molar-refractivity contribution < 1.29 is 14.7 Å². The normalized spacial score (nSPS) is 10.0. The summed E-state index contributed by atoms with van der Waals surface area (Å²) in [6.45, 7) is 0. The number of nitrogens with one attached hydrogen (secondary N) is 1. The lowest BCUT2D eigenvalue weighted by molar-refractivity contribution is -0.133. The summed E-state index contributed by atoms with van der Waals surface area (Å²) < 4.78 is 4.05. The van der Waals surface area contributed by atoms with Crippen molar-refractivity contribution in [2.24, 2.45) is 0 Å². The van der Waals surface area contributed by atoms with Crippen molar-refractivity contribution >= 4 is 40.4 Å². The molecule has 0 aliphatic rings. The summed E-state index contributed by atoms with van der Waals surface area (Å²) in [5.74, 6) is 0.101. The monoisotopic (exact) mass is 276 g/mol. The number of urea groups is 1. The number of amides is 2. The molecule has 1 rings (SSSR count). The van der Waals surface area contributed by atoms with Gasteiger partial charge in [-0.2, -0.15) is 4.37 Å². The Balaban J connectivity index is 2.53. The third-order valence-corrected chi connectivity index (χ3v) is 3.46. The molecule has 0 unspecified atom stereocenters. The van der Waals surface area contributed by atoms with Crippen molar-refractivity contribution in [1.29, 1.82) is 0 Å². The SMILES string of the molecule is CNC(=O)N(C)c1nc(CSCC(=O)O)ns1. The van der Waals surface area contributed by atoms with Crippen LogP contribution < -0.4 is 10.2 Å². The van der Waals surface area contributed by atoms with Crippen molar-refractivity contribution in [3.8, 4) is 0 Å². The number of carbonyl (C=O) groups is 2. The summed E-state index contributed by atoms with van der Waals surface area (Å²) >= 11 is 2.32. The van der Waals surface area contributed by atoms with Gasteiger partial charge < -0.3 is 10.4 Å². The van der Waals surface area contributed by atoms with Gasteiger partial charge in [0.15, 0.2) is 5.82 Å². The molecule has 0 atom stereocenters. The Labute approximate surface area is 106 Å². The van der Waals surface area contributed by atoms with Crippen molar-refractivity contribution in [3.05, 3.63) is 5.82 Å². The lowest BCUT2D eigenvalue weighted by Gasteiger charge is -2.11. The van der Waals surface area contributed by atoms with Crippen LogP contribution in [0.1, 0.15) is 5.82 Å². The highest BCUT2D eigenvalue weighted by molar-refractivity contribution is 7.99. The first-order chi connectivity index (χ1) is 8.04. The smallest absolute Gasteiger partial charge is 0.323 e. The molecule has 0 aliphatic heterocycles. The van der Waals surface area contributed by atoms with E-state index in [1.165, 1.54) is 23.7 Å². The Kier molecular flexibility index (Phi) is 5.16. The quantitative estimate of drug-likeness (QED) is 0.819. The first kappa shape index (κ1) is 13.7. The molecule has 0 aromatic carbocycles. The standard InChI is InChI=1S/C8H12N4O3S2/c1-9-7(15)12(2)8-10-5(11-17-8)3-16-4-6(13)14/h3-4H2,1-2H3,(H,9,15)(H,13,14). The molecule has 7 nitrogen and oxygen atoms in total. The predicted molar refractivity (Wildman–Crippen MR) is 66.6 cm³/mol. The largest absolute Gasteiger partial charge is 0.481 e. The van der Waals surface area contributed by atoms with Gasteiger partial charge in [0.25, 0.3) is 0 Å². The van der Waals surface area contributed by atoms with Gasteiger partial charge in [0.05, 0.1) is 11.5 Å². The Morgan fingerprint density at radius 1 is 1.59 bits per heavy atom. The van der Waals surface area contributed by atoms with E-state index in [1.807, 2.05) is 0 Å². The van der Waals surface area contributed by atoms with Crippen LogP contribution in [0.15, 0.2) is 0 Å². The minimum atomic E-state index is -0.868. The van der Waals surface area contributed by atoms with E-state index in [-0.39, 0.29) is 11.8 Å². The number of nitrogens with zero attached hydrogens (tertiary/aromatic N) is 3. The molecule has 2 amide bonds. The minimum absolute atomic E-state index is 0.0137. The average molecular weight is 276 g/mol. The molecule has 2 N–H and O–H groups in total. The number of thioether (sulfide) groups is 1. The van der Waals surface area contributed by atoms with Crippen LogP contribution in [-0.2, 0) is 10.5 Å². The zero-order valence-electron chi connectivity index (χ0n) is 9.34. The van der Waals surface area contributed by atoms with Crippen LogP contribution in [-0.4, -0.2) is 46.3 Å². The number of carbonyl (C=O) groups excluding carboxylic acids is 1. The van der Waals surface area contributed by atoms with Crippen molar-refractivity contribution in [1.82, 2.24) is 14.7 Å². The molecule has 94 valence electrons. The van der Waals surface area contributed by atoms with E-state index in [4.69, 9.17) is 5.11 Å². The van der Waals surface area contributed by atoms with Crippen LogP contribution in [0.25, 0.3) is 0 Å². The predicted octanol–water partition coefficient (Wildman–Crippen LogP) is 0.631. The fourth-order valence-electron chi connectivity index (χ4n) is 0.924. The molecule has 9 heteroatoms. The fraction of sp³-hybridized carbons (Fsp3) is 0.500. The number of hydrogen-bond acceptors (Lipinski definition) is 6. The van der Waals surface area contributed by atoms with Crippen LogP contribution in [0.4, 0.5) is 9.93 Å². The number of rotatable bonds is 5. The highest BCUT2D eigenvalue weighted by atomic mass is 32.2. The molecule has 0 bridgehead atoms. The van der Waals surface area contributed by atoms with E-state index in [1.54, 1.807) is 7.05 Å². The fourth-order valence-corrected chi connectivity index (χ4v) is 2.24. The number of anilines is 1. The van der Waals surface area contributed by atoms with Gasteiger partial charge in [-0.25, -0.2) is 9.78 Å². The number of carboxylic acids is 1. The van der Waals surface area contributed by atoms with Gasteiger partial charge in [-0.1, -0.05) is 0 Å². The molecule has 0 spiro atoms. The van der Waals surface area contributed by atoms with Crippen molar-refractivity contribution in [2.75, 3.05) is 24.7 Å². The van der Waals surface area contributed by atoms with E-state index >= 15 is 0 Å². The van der Waals surface area contributed by atoms with Gasteiger partial charge >= 0.3 is 12.0 Å². The maximum Gasteiger partial charge on any atom is 0.323 e. The Morgan fingerprint density at radius 2 is 2.29 bits per heavy atom. The molecular formula is C8H12N4O3S2. The summed E-state index contributed by atoms with van der Waals surface area (Å²) in [5.41, 5.74) is 0. The van der Waals surface area contributed by atoms with Crippen LogP contribution in [0.5, 0.6) is 0 Å². The molecule has 1 aromatic heterocycles. The lowest BCUT2D eigenvalue weighted by atomic mass is 10.7. The minimum Gasteiger partial charge on any atom is -0.481 e. The average Bonchev–Trinajstić information content (AvgIpc) is 2.75. The van der Waals surface area contributed by atoms with E-state index < -0.39 is 5.97 Å². The van der Waals surface area contributed by atoms with Crippen molar-refractivity contribution in [2.45, 2.75) is 5.75 Å². The first-order valence-corrected chi connectivity index (χ1v) is 6.55. The van der Waals surface area contributed by atoms with E-state index in [2.05, 4.69) is 14.7 Å². The highest BCUT2D eigenvalue weighted by Crippen LogP contribution is 2.18. The summed E-state index contributed by atoms with van der Waals surface area (Å²) in [7, 11) is 3.12. The van der Waals surface area contributed by atoms with Crippen LogP contribution in [0.3, 0.4) is 0 Å². The molecule has 1 aromatic rings. The number of carboxylic acid groups (broad SMARTS) is 1.